The minimum absolute atomic E-state index is 0.208. The lowest BCUT2D eigenvalue weighted by Crippen LogP contribution is -2.09. The van der Waals surface area contributed by atoms with Crippen molar-refractivity contribution in [3.8, 4) is 0 Å². The van der Waals surface area contributed by atoms with E-state index in [-0.39, 0.29) is 5.56 Å². The van der Waals surface area contributed by atoms with E-state index in [1.54, 1.807) is 6.07 Å². The molecular weight excluding hydrogens is 258 g/mol. The van der Waals surface area contributed by atoms with Crippen LogP contribution in [0.25, 0.3) is 0 Å². The maximum absolute atomic E-state index is 13.7. The van der Waals surface area contributed by atoms with Crippen LogP contribution in [0.1, 0.15) is 39.9 Å². The SMILES string of the molecule is O=C(c1ccc2c(c1)CCCC2)c1cccc(F)c1F. The summed E-state index contributed by atoms with van der Waals surface area (Å²) in [6, 6.07) is 9.14. The van der Waals surface area contributed by atoms with E-state index in [4.69, 9.17) is 0 Å². The van der Waals surface area contributed by atoms with Crippen molar-refractivity contribution < 1.29 is 13.6 Å². The van der Waals surface area contributed by atoms with Crippen LogP contribution in [0.15, 0.2) is 36.4 Å². The number of halogens is 2. The number of carbonyl (C=O) groups excluding carboxylic acids is 1. The van der Waals surface area contributed by atoms with Crippen LogP contribution in [0, 0.1) is 11.6 Å². The summed E-state index contributed by atoms with van der Waals surface area (Å²) in [5.74, 6) is -2.53. The Hall–Kier alpha value is -2.03. The van der Waals surface area contributed by atoms with Crippen molar-refractivity contribution in [3.05, 3.63) is 70.3 Å². The third-order valence-electron chi connectivity index (χ3n) is 3.81. The number of aryl methyl sites for hydroxylation is 2. The molecule has 1 nitrogen and oxygen atoms in total. The van der Waals surface area contributed by atoms with Gasteiger partial charge in [0.05, 0.1) is 5.56 Å². The standard InChI is InChI=1S/C17H14F2O/c18-15-7-3-6-14(16(15)19)17(20)13-9-8-11-4-1-2-5-12(11)10-13/h3,6-10H,1-2,4-5H2. The first-order chi connectivity index (χ1) is 9.66. The molecule has 0 unspecified atom stereocenters. The first-order valence-corrected chi connectivity index (χ1v) is 6.77. The molecule has 0 bridgehead atoms. The largest absolute Gasteiger partial charge is 0.288 e. The van der Waals surface area contributed by atoms with Crippen LogP contribution in [0.3, 0.4) is 0 Å². The molecule has 0 atom stereocenters. The first-order valence-electron chi connectivity index (χ1n) is 6.77. The van der Waals surface area contributed by atoms with Gasteiger partial charge in [0.15, 0.2) is 17.4 Å². The molecule has 0 amide bonds. The molecule has 0 aliphatic heterocycles. The Morgan fingerprint density at radius 2 is 1.70 bits per heavy atom. The zero-order valence-corrected chi connectivity index (χ0v) is 11.0. The van der Waals surface area contributed by atoms with Crippen molar-refractivity contribution >= 4 is 5.78 Å². The van der Waals surface area contributed by atoms with Gasteiger partial charge in [-0.3, -0.25) is 4.79 Å². The molecule has 0 heterocycles. The van der Waals surface area contributed by atoms with Crippen molar-refractivity contribution in [2.45, 2.75) is 25.7 Å². The quantitative estimate of drug-likeness (QED) is 0.753. The average Bonchev–Trinajstić information content (AvgIpc) is 2.49. The van der Waals surface area contributed by atoms with E-state index in [0.29, 0.717) is 5.56 Å². The summed E-state index contributed by atoms with van der Waals surface area (Å²) in [6.45, 7) is 0. The molecule has 2 aromatic carbocycles. The molecule has 0 fully saturated rings. The topological polar surface area (TPSA) is 17.1 Å². The molecule has 0 saturated carbocycles. The van der Waals surface area contributed by atoms with Crippen LogP contribution in [0.2, 0.25) is 0 Å². The highest BCUT2D eigenvalue weighted by Gasteiger charge is 2.18. The average molecular weight is 272 g/mol. The normalized spacial score (nSPS) is 13.9. The van der Waals surface area contributed by atoms with Crippen molar-refractivity contribution in [2.75, 3.05) is 0 Å². The zero-order chi connectivity index (χ0) is 14.1. The second-order valence-corrected chi connectivity index (χ2v) is 5.12. The Labute approximate surface area is 116 Å². The molecular formula is C17H14F2O. The number of fused-ring (bicyclic) bond motifs is 1. The van der Waals surface area contributed by atoms with Gasteiger partial charge in [0.1, 0.15) is 0 Å². The maximum atomic E-state index is 13.7. The number of rotatable bonds is 2. The van der Waals surface area contributed by atoms with Crippen LogP contribution < -0.4 is 0 Å². The van der Waals surface area contributed by atoms with E-state index in [2.05, 4.69) is 0 Å². The summed E-state index contributed by atoms with van der Waals surface area (Å²) < 4.78 is 26.9. The Bertz CT molecular complexity index is 677. The smallest absolute Gasteiger partial charge is 0.196 e. The Morgan fingerprint density at radius 3 is 2.50 bits per heavy atom. The van der Waals surface area contributed by atoms with E-state index >= 15 is 0 Å². The number of benzene rings is 2. The molecule has 3 heteroatoms. The minimum atomic E-state index is -1.07. The molecule has 0 radical (unpaired) electrons. The predicted molar refractivity (Wildman–Crippen MR) is 72.9 cm³/mol. The Kier molecular flexibility index (Phi) is 3.35. The fourth-order valence-corrected chi connectivity index (χ4v) is 2.71. The zero-order valence-electron chi connectivity index (χ0n) is 11.0. The lowest BCUT2D eigenvalue weighted by Gasteiger charge is -2.16. The molecule has 0 spiro atoms. The van der Waals surface area contributed by atoms with Gasteiger partial charge in [-0.05, 0) is 55.0 Å². The molecule has 102 valence electrons. The molecule has 0 aromatic heterocycles. The van der Waals surface area contributed by atoms with Crippen LogP contribution in [-0.2, 0) is 12.8 Å². The third-order valence-corrected chi connectivity index (χ3v) is 3.81. The van der Waals surface area contributed by atoms with Crippen LogP contribution >= 0.6 is 0 Å². The molecule has 20 heavy (non-hydrogen) atoms. The highest BCUT2D eigenvalue weighted by molar-refractivity contribution is 6.09. The van der Waals surface area contributed by atoms with Crippen molar-refractivity contribution in [3.63, 3.8) is 0 Å². The monoisotopic (exact) mass is 272 g/mol. The van der Waals surface area contributed by atoms with E-state index in [1.807, 2.05) is 12.1 Å². The molecule has 1 aliphatic rings. The van der Waals surface area contributed by atoms with E-state index in [9.17, 15) is 13.6 Å². The molecule has 0 N–H and O–H groups in total. The molecule has 2 aromatic rings. The van der Waals surface area contributed by atoms with Gasteiger partial charge >= 0.3 is 0 Å². The summed E-state index contributed by atoms with van der Waals surface area (Å²) in [5, 5.41) is 0. The predicted octanol–water partition coefficient (Wildman–Crippen LogP) is 4.07. The van der Waals surface area contributed by atoms with E-state index < -0.39 is 17.4 Å². The fraction of sp³-hybridized carbons (Fsp3) is 0.235. The molecule has 3 rings (SSSR count). The number of hydrogen-bond acceptors (Lipinski definition) is 1. The highest BCUT2D eigenvalue weighted by atomic mass is 19.2. The first kappa shape index (κ1) is 13.0. The number of carbonyl (C=O) groups is 1. The van der Waals surface area contributed by atoms with Gasteiger partial charge < -0.3 is 0 Å². The van der Waals surface area contributed by atoms with Gasteiger partial charge in [0.2, 0.25) is 0 Å². The summed E-state index contributed by atoms with van der Waals surface area (Å²) in [7, 11) is 0. The van der Waals surface area contributed by atoms with E-state index in [1.165, 1.54) is 24.1 Å². The van der Waals surface area contributed by atoms with Gasteiger partial charge in [-0.2, -0.15) is 0 Å². The van der Waals surface area contributed by atoms with Crippen LogP contribution in [0.4, 0.5) is 8.78 Å². The molecule has 0 saturated heterocycles. The van der Waals surface area contributed by atoms with Crippen LogP contribution in [0.5, 0.6) is 0 Å². The molecule has 1 aliphatic carbocycles. The van der Waals surface area contributed by atoms with Crippen molar-refractivity contribution in [1.29, 1.82) is 0 Å². The summed E-state index contributed by atoms with van der Waals surface area (Å²) in [5.41, 5.74) is 2.63. The lowest BCUT2D eigenvalue weighted by molar-refractivity contribution is 0.103. The van der Waals surface area contributed by atoms with Gasteiger partial charge in [0.25, 0.3) is 0 Å². The summed E-state index contributed by atoms with van der Waals surface area (Å²) in [6.07, 6.45) is 4.25. The maximum Gasteiger partial charge on any atom is 0.196 e. The highest BCUT2D eigenvalue weighted by Crippen LogP contribution is 2.24. The Balaban J connectivity index is 2.00. The number of ketones is 1. The third kappa shape index (κ3) is 2.24. The van der Waals surface area contributed by atoms with Gasteiger partial charge in [-0.15, -0.1) is 0 Å². The van der Waals surface area contributed by atoms with Gasteiger partial charge in [-0.1, -0.05) is 18.2 Å². The van der Waals surface area contributed by atoms with Gasteiger partial charge in [0, 0.05) is 5.56 Å². The summed E-state index contributed by atoms with van der Waals surface area (Å²) in [4.78, 5) is 12.3. The van der Waals surface area contributed by atoms with Crippen LogP contribution in [-0.4, -0.2) is 5.78 Å². The minimum Gasteiger partial charge on any atom is -0.288 e. The van der Waals surface area contributed by atoms with Crippen molar-refractivity contribution in [1.82, 2.24) is 0 Å². The van der Waals surface area contributed by atoms with Gasteiger partial charge in [-0.25, -0.2) is 8.78 Å². The Morgan fingerprint density at radius 1 is 0.950 bits per heavy atom. The number of hydrogen-bond donors (Lipinski definition) is 0. The van der Waals surface area contributed by atoms with E-state index in [0.717, 1.165) is 30.9 Å². The van der Waals surface area contributed by atoms with Crippen molar-refractivity contribution in [2.24, 2.45) is 0 Å². The second-order valence-electron chi connectivity index (χ2n) is 5.12. The lowest BCUT2D eigenvalue weighted by atomic mass is 9.89. The fourth-order valence-electron chi connectivity index (χ4n) is 2.71. The summed E-state index contributed by atoms with van der Waals surface area (Å²) >= 11 is 0. The second kappa shape index (κ2) is 5.16.